The molecule has 2 amide bonds. The molecular weight excluding hydrogens is 572 g/mol. The number of carboxylic acids is 1. The zero-order valence-corrected chi connectivity index (χ0v) is 25.0. The summed E-state index contributed by atoms with van der Waals surface area (Å²) in [5.74, 6) is -0.935. The smallest absolute Gasteiger partial charge is 0.371 e. The van der Waals surface area contributed by atoms with Crippen LogP contribution in [0.25, 0.3) is 27.7 Å². The van der Waals surface area contributed by atoms with E-state index < -0.39 is 11.5 Å². The minimum atomic E-state index is -1.17. The predicted molar refractivity (Wildman–Crippen MR) is 169 cm³/mol. The number of nitrogens with zero attached hydrogens (tertiary/aromatic N) is 4. The number of carbonyl (C=O) groups is 3. The fraction of sp³-hybridized carbons (Fsp3) is 0.324. The van der Waals surface area contributed by atoms with Crippen LogP contribution in [0.15, 0.2) is 71.3 Å². The number of likely N-dealkylation sites (tertiary alicyclic amines) is 1. The largest absolute Gasteiger partial charge is 0.475 e. The third-order valence-electron chi connectivity index (χ3n) is 9.06. The summed E-state index contributed by atoms with van der Waals surface area (Å²) in [6, 6.07) is 17.7. The number of benzene rings is 2. The lowest BCUT2D eigenvalue weighted by atomic mass is 9.85. The van der Waals surface area contributed by atoms with Gasteiger partial charge in [0.2, 0.25) is 5.76 Å². The average molecular weight is 607 g/mol. The van der Waals surface area contributed by atoms with Crippen molar-refractivity contribution in [3.05, 3.63) is 83.9 Å². The topological polar surface area (TPSA) is 143 Å². The number of nitrogens with one attached hydrogen (secondary N) is 2. The standard InChI is InChI=1S/C34H34N6O5/c1-39-16-14-34(20-39,33(44)36-24-11-13-27-23(17-24)19-28(45-27)32(42)43)37-31(41)22-10-12-25-26(18-22)38-40(29-9-5-6-15-35-29)30(25)21-7-3-2-4-8-21/h5-6,9-13,15,17-19,21H,2-4,7-8,14,16,20H2,1H3,(H,36,44)(H,37,41)(H,42,43)/t34-/m1/s1. The molecular formula is C34H34N6O5. The highest BCUT2D eigenvalue weighted by Gasteiger charge is 2.45. The lowest BCUT2D eigenvalue weighted by Crippen LogP contribution is -2.58. The average Bonchev–Trinajstić information content (AvgIpc) is 3.76. The molecule has 5 aromatic rings. The van der Waals surface area contributed by atoms with E-state index in [4.69, 9.17) is 9.52 Å². The number of hydrogen-bond donors (Lipinski definition) is 3. The normalized spacial score (nSPS) is 19.2. The van der Waals surface area contributed by atoms with Gasteiger partial charge in [0, 0.05) is 47.2 Å². The molecule has 0 bridgehead atoms. The Morgan fingerprint density at radius 1 is 1.02 bits per heavy atom. The molecule has 3 aromatic heterocycles. The number of carbonyl (C=O) groups excluding carboxylic acids is 2. The first-order chi connectivity index (χ1) is 21.8. The van der Waals surface area contributed by atoms with Gasteiger partial charge in [-0.05, 0) is 74.8 Å². The Bertz CT molecular complexity index is 1930. The van der Waals surface area contributed by atoms with Crippen LogP contribution in [0.1, 0.15) is 71.0 Å². The molecule has 0 unspecified atom stereocenters. The molecule has 4 heterocycles. The van der Waals surface area contributed by atoms with Crippen molar-refractivity contribution < 1.29 is 23.9 Å². The zero-order valence-electron chi connectivity index (χ0n) is 25.0. The van der Waals surface area contributed by atoms with E-state index in [0.717, 1.165) is 29.7 Å². The van der Waals surface area contributed by atoms with Gasteiger partial charge >= 0.3 is 5.97 Å². The van der Waals surface area contributed by atoms with Crippen molar-refractivity contribution in [3.63, 3.8) is 0 Å². The van der Waals surface area contributed by atoms with E-state index in [-0.39, 0.29) is 17.6 Å². The molecule has 3 N–H and O–H groups in total. The maximum Gasteiger partial charge on any atom is 0.371 e. The molecule has 1 saturated carbocycles. The van der Waals surface area contributed by atoms with E-state index in [1.54, 1.807) is 30.5 Å². The predicted octanol–water partition coefficient (Wildman–Crippen LogP) is 5.36. The Kier molecular flexibility index (Phi) is 7.33. The second kappa shape index (κ2) is 11.5. The maximum absolute atomic E-state index is 13.8. The molecule has 0 spiro atoms. The van der Waals surface area contributed by atoms with E-state index >= 15 is 0 Å². The number of pyridine rings is 1. The van der Waals surface area contributed by atoms with Crippen LogP contribution in [-0.4, -0.2) is 68.2 Å². The monoisotopic (exact) mass is 606 g/mol. The molecule has 2 aromatic carbocycles. The molecule has 2 aliphatic rings. The molecule has 7 rings (SSSR count). The number of fused-ring (bicyclic) bond motifs is 2. The van der Waals surface area contributed by atoms with E-state index in [0.29, 0.717) is 53.2 Å². The van der Waals surface area contributed by atoms with Crippen molar-refractivity contribution in [1.29, 1.82) is 0 Å². The fourth-order valence-corrected chi connectivity index (χ4v) is 6.78. The Hall–Kier alpha value is -5.03. The van der Waals surface area contributed by atoms with Crippen molar-refractivity contribution in [3.8, 4) is 5.82 Å². The summed E-state index contributed by atoms with van der Waals surface area (Å²) < 4.78 is 7.27. The van der Waals surface area contributed by atoms with Gasteiger partial charge in [0.1, 0.15) is 11.1 Å². The van der Waals surface area contributed by atoms with Crippen LogP contribution >= 0.6 is 0 Å². The molecule has 0 radical (unpaired) electrons. The molecule has 1 aliphatic heterocycles. The van der Waals surface area contributed by atoms with Crippen molar-refractivity contribution in [2.24, 2.45) is 0 Å². The number of rotatable bonds is 7. The SMILES string of the molecule is CN1CC[C@](NC(=O)c2ccc3c(C4CCCCC4)n(-c4ccccn4)nc3c2)(C(=O)Nc2ccc3oc(C(=O)O)cc3c2)C1. The first-order valence-corrected chi connectivity index (χ1v) is 15.3. The lowest BCUT2D eigenvalue weighted by Gasteiger charge is -2.29. The second-order valence-corrected chi connectivity index (χ2v) is 12.2. The van der Waals surface area contributed by atoms with Crippen molar-refractivity contribution in [1.82, 2.24) is 25.0 Å². The summed E-state index contributed by atoms with van der Waals surface area (Å²) in [7, 11) is 1.91. The van der Waals surface area contributed by atoms with Gasteiger partial charge in [0.25, 0.3) is 11.8 Å². The highest BCUT2D eigenvalue weighted by molar-refractivity contribution is 6.06. The van der Waals surface area contributed by atoms with Gasteiger partial charge in [-0.3, -0.25) is 9.59 Å². The Morgan fingerprint density at radius 2 is 1.87 bits per heavy atom. The molecule has 1 saturated heterocycles. The molecule has 230 valence electrons. The van der Waals surface area contributed by atoms with Crippen LogP contribution in [0, 0.1) is 0 Å². The Balaban J connectivity index is 1.17. The van der Waals surface area contributed by atoms with Crippen LogP contribution in [0.5, 0.6) is 0 Å². The number of hydrogen-bond acceptors (Lipinski definition) is 7. The van der Waals surface area contributed by atoms with Gasteiger partial charge < -0.3 is 25.1 Å². The minimum absolute atomic E-state index is 0.178. The van der Waals surface area contributed by atoms with E-state index in [1.165, 1.54) is 25.3 Å². The van der Waals surface area contributed by atoms with Gasteiger partial charge in [-0.1, -0.05) is 31.4 Å². The first-order valence-electron chi connectivity index (χ1n) is 15.3. The van der Waals surface area contributed by atoms with Crippen molar-refractivity contribution in [2.75, 3.05) is 25.5 Å². The lowest BCUT2D eigenvalue weighted by molar-refractivity contribution is -0.121. The van der Waals surface area contributed by atoms with Crippen LogP contribution in [0.4, 0.5) is 5.69 Å². The van der Waals surface area contributed by atoms with E-state index in [2.05, 4.69) is 15.6 Å². The van der Waals surface area contributed by atoms with Crippen LogP contribution in [0.2, 0.25) is 0 Å². The van der Waals surface area contributed by atoms with Gasteiger partial charge in [0.05, 0.1) is 11.2 Å². The molecule has 45 heavy (non-hydrogen) atoms. The summed E-state index contributed by atoms with van der Waals surface area (Å²) in [6.07, 6.45) is 7.97. The highest BCUT2D eigenvalue weighted by Crippen LogP contribution is 2.38. The first kappa shape index (κ1) is 28.7. The van der Waals surface area contributed by atoms with E-state index in [9.17, 15) is 19.5 Å². The Labute approximate surface area is 259 Å². The quantitative estimate of drug-likeness (QED) is 0.225. The van der Waals surface area contributed by atoms with Crippen LogP contribution in [-0.2, 0) is 4.79 Å². The number of carboxylic acid groups (broad SMARTS) is 1. The van der Waals surface area contributed by atoms with Crippen molar-refractivity contribution >= 4 is 45.3 Å². The number of aromatic nitrogens is 3. The number of aromatic carboxylic acids is 1. The minimum Gasteiger partial charge on any atom is -0.475 e. The van der Waals surface area contributed by atoms with Gasteiger partial charge in [-0.25, -0.2) is 14.5 Å². The summed E-state index contributed by atoms with van der Waals surface area (Å²) in [5, 5.41) is 21.7. The number of likely N-dealkylation sites (N-methyl/N-ethyl adjacent to an activating group) is 1. The zero-order chi connectivity index (χ0) is 31.1. The van der Waals surface area contributed by atoms with Gasteiger partial charge in [-0.2, -0.15) is 5.10 Å². The highest BCUT2D eigenvalue weighted by atomic mass is 16.4. The summed E-state index contributed by atoms with van der Waals surface area (Å²) in [5.41, 5.74) is 1.98. The Morgan fingerprint density at radius 3 is 2.60 bits per heavy atom. The second-order valence-electron chi connectivity index (χ2n) is 12.2. The fourth-order valence-electron chi connectivity index (χ4n) is 6.78. The number of furan rings is 1. The van der Waals surface area contributed by atoms with Gasteiger partial charge in [0.15, 0.2) is 5.82 Å². The van der Waals surface area contributed by atoms with Crippen LogP contribution < -0.4 is 10.6 Å². The number of anilines is 1. The summed E-state index contributed by atoms with van der Waals surface area (Å²) in [6.45, 7) is 0.971. The van der Waals surface area contributed by atoms with Crippen molar-refractivity contribution in [2.45, 2.75) is 50.0 Å². The molecule has 11 nitrogen and oxygen atoms in total. The molecule has 1 atom stereocenters. The third-order valence-corrected chi connectivity index (χ3v) is 9.06. The summed E-state index contributed by atoms with van der Waals surface area (Å²) >= 11 is 0. The number of amides is 2. The van der Waals surface area contributed by atoms with Crippen LogP contribution in [0.3, 0.4) is 0 Å². The maximum atomic E-state index is 13.8. The third kappa shape index (κ3) is 5.44. The van der Waals surface area contributed by atoms with E-state index in [1.807, 2.05) is 47.0 Å². The molecule has 11 heteroatoms. The molecule has 1 aliphatic carbocycles. The van der Waals surface area contributed by atoms with Gasteiger partial charge in [-0.15, -0.1) is 0 Å². The molecule has 2 fully saturated rings. The summed E-state index contributed by atoms with van der Waals surface area (Å²) in [4.78, 5) is 45.5.